The molecule has 1 N–H and O–H groups in total. The highest BCUT2D eigenvalue weighted by Crippen LogP contribution is 2.48. The Morgan fingerprint density at radius 1 is 1.35 bits per heavy atom. The van der Waals surface area contributed by atoms with E-state index in [0.717, 1.165) is 0 Å². The summed E-state index contributed by atoms with van der Waals surface area (Å²) in [4.78, 5) is 46.0. The van der Waals surface area contributed by atoms with Gasteiger partial charge in [-0.2, -0.15) is 0 Å². The molecule has 0 unspecified atom stereocenters. The monoisotopic (exact) mass is 442 g/mol. The number of fused-ring (bicyclic) bond motifs is 1. The lowest BCUT2D eigenvalue weighted by Crippen LogP contribution is -2.61. The van der Waals surface area contributed by atoms with E-state index in [1.165, 1.54) is 40.9 Å². The zero-order chi connectivity index (χ0) is 22.1. The number of non-ortho nitro benzene ring substituents is 1. The first-order chi connectivity index (χ1) is 14.9. The molecule has 0 spiro atoms. The van der Waals surface area contributed by atoms with E-state index in [4.69, 9.17) is 4.74 Å². The number of ether oxygens (including phenoxy) is 1. The molecule has 2 aliphatic rings. The zero-order valence-corrected chi connectivity index (χ0v) is 17.2. The van der Waals surface area contributed by atoms with Crippen LogP contribution in [0.2, 0.25) is 0 Å². The summed E-state index contributed by atoms with van der Waals surface area (Å²) in [5.74, 6) is -1.59. The summed E-state index contributed by atoms with van der Waals surface area (Å²) in [6, 6.07) is 7.02. The van der Waals surface area contributed by atoms with Crippen LogP contribution < -0.4 is 0 Å². The van der Waals surface area contributed by atoms with Crippen molar-refractivity contribution >= 4 is 29.3 Å². The van der Waals surface area contributed by atoms with Gasteiger partial charge in [0.05, 0.1) is 23.0 Å². The second-order valence-corrected chi connectivity index (χ2v) is 8.21. The molecule has 31 heavy (non-hydrogen) atoms. The van der Waals surface area contributed by atoms with Gasteiger partial charge in [-0.25, -0.2) is 14.8 Å². The van der Waals surface area contributed by atoms with Crippen molar-refractivity contribution in [3.63, 3.8) is 0 Å². The van der Waals surface area contributed by atoms with Crippen LogP contribution in [0.1, 0.15) is 18.9 Å². The third-order valence-electron chi connectivity index (χ3n) is 5.16. The van der Waals surface area contributed by atoms with Gasteiger partial charge in [0.2, 0.25) is 5.91 Å². The van der Waals surface area contributed by atoms with Crippen molar-refractivity contribution in [2.24, 2.45) is 5.92 Å². The molecule has 3 atom stereocenters. The van der Waals surface area contributed by atoms with Crippen molar-refractivity contribution in [2.75, 3.05) is 0 Å². The van der Waals surface area contributed by atoms with Gasteiger partial charge in [0.25, 0.3) is 5.69 Å². The molecular weight excluding hydrogens is 424 g/mol. The first-order valence-corrected chi connectivity index (χ1v) is 10.3. The molecule has 0 radical (unpaired) electrons. The zero-order valence-electron chi connectivity index (χ0n) is 16.4. The molecular formula is C20H18N4O6S. The Labute approximate surface area is 181 Å². The van der Waals surface area contributed by atoms with Gasteiger partial charge in [0, 0.05) is 35.9 Å². The van der Waals surface area contributed by atoms with E-state index in [1.54, 1.807) is 25.4 Å². The molecule has 1 aromatic carbocycles. The second-order valence-electron chi connectivity index (χ2n) is 7.15. The van der Waals surface area contributed by atoms with Gasteiger partial charge in [-0.05, 0) is 30.7 Å². The van der Waals surface area contributed by atoms with Crippen LogP contribution >= 0.6 is 11.8 Å². The van der Waals surface area contributed by atoms with Crippen LogP contribution in [-0.2, 0) is 20.9 Å². The highest BCUT2D eigenvalue weighted by atomic mass is 32.2. The van der Waals surface area contributed by atoms with E-state index in [1.807, 2.05) is 0 Å². The molecule has 3 heterocycles. The van der Waals surface area contributed by atoms with E-state index in [0.29, 0.717) is 22.0 Å². The Bertz CT molecular complexity index is 1060. The summed E-state index contributed by atoms with van der Waals surface area (Å²) in [7, 11) is 0. The first kappa shape index (κ1) is 20.9. The number of thioether (sulfide) groups is 1. The summed E-state index contributed by atoms with van der Waals surface area (Å²) >= 11 is 1.18. The van der Waals surface area contributed by atoms with Gasteiger partial charge in [-0.3, -0.25) is 14.9 Å². The number of carbonyl (C=O) groups excluding carboxylic acids is 2. The van der Waals surface area contributed by atoms with E-state index < -0.39 is 22.9 Å². The lowest BCUT2D eigenvalue weighted by Gasteiger charge is -2.44. The number of carbonyl (C=O) groups is 2. The molecule has 0 bridgehead atoms. The molecule has 1 aromatic heterocycles. The fourth-order valence-electron chi connectivity index (χ4n) is 3.69. The third kappa shape index (κ3) is 4.01. The molecule has 4 rings (SSSR count). The van der Waals surface area contributed by atoms with Crippen LogP contribution in [0.25, 0.3) is 0 Å². The highest BCUT2D eigenvalue weighted by Gasteiger charge is 2.57. The summed E-state index contributed by atoms with van der Waals surface area (Å²) in [5, 5.41) is 21.1. The smallest absolute Gasteiger partial charge is 0.356 e. The number of nitro groups is 1. The van der Waals surface area contributed by atoms with E-state index >= 15 is 0 Å². The molecule has 0 saturated carbocycles. The van der Waals surface area contributed by atoms with E-state index in [2.05, 4.69) is 9.97 Å². The van der Waals surface area contributed by atoms with Crippen LogP contribution in [0.3, 0.4) is 0 Å². The summed E-state index contributed by atoms with van der Waals surface area (Å²) in [5.41, 5.74) is 0.644. The number of amides is 1. The fourth-order valence-corrected chi connectivity index (χ4v) is 4.67. The number of esters is 1. The minimum absolute atomic E-state index is 0.0618. The van der Waals surface area contributed by atoms with E-state index in [9.17, 15) is 24.8 Å². The number of rotatable bonds is 7. The Morgan fingerprint density at radius 2 is 2.03 bits per heavy atom. The molecule has 0 aliphatic carbocycles. The van der Waals surface area contributed by atoms with Crippen molar-refractivity contribution in [2.45, 2.75) is 37.3 Å². The maximum Gasteiger partial charge on any atom is 0.356 e. The predicted molar refractivity (Wildman–Crippen MR) is 108 cm³/mol. The largest absolute Gasteiger partial charge is 0.456 e. The maximum absolute atomic E-state index is 12.9. The SMILES string of the molecule is C[C@H](O)[C@@H]1C(=O)N2C(C(=O)OCc3ccc([N+](=O)[O-])cc3)=C(Sc3ncccn3)C[C@H]12. The average molecular weight is 442 g/mol. The number of benzene rings is 1. The van der Waals surface area contributed by atoms with Crippen molar-refractivity contribution in [3.8, 4) is 0 Å². The first-order valence-electron chi connectivity index (χ1n) is 9.46. The lowest BCUT2D eigenvalue weighted by atomic mass is 9.83. The molecule has 1 saturated heterocycles. The fraction of sp³-hybridized carbons (Fsp3) is 0.300. The summed E-state index contributed by atoms with van der Waals surface area (Å²) < 4.78 is 5.40. The van der Waals surface area contributed by atoms with Gasteiger partial charge in [-0.15, -0.1) is 0 Å². The van der Waals surface area contributed by atoms with Crippen LogP contribution in [0, 0.1) is 16.0 Å². The van der Waals surface area contributed by atoms with Crippen molar-refractivity contribution < 1.29 is 24.4 Å². The molecule has 2 aliphatic heterocycles. The third-order valence-corrected chi connectivity index (χ3v) is 6.15. The number of nitro benzene ring substituents is 1. The Morgan fingerprint density at radius 3 is 2.65 bits per heavy atom. The summed E-state index contributed by atoms with van der Waals surface area (Å²) in [6.07, 6.45) is 2.72. The Balaban J connectivity index is 1.54. The van der Waals surface area contributed by atoms with Crippen LogP contribution in [0.4, 0.5) is 5.69 Å². The second kappa shape index (κ2) is 8.44. The standard InChI is InChI=1S/C20H18N4O6S/c1-11(25)16-14-9-15(31-20-21-7-2-8-22-20)17(23(14)18(16)26)19(27)30-10-12-3-5-13(6-4-12)24(28)29/h2-8,11,14,16,25H,9-10H2,1H3/t11-,14+,16-/m0/s1. The molecule has 160 valence electrons. The highest BCUT2D eigenvalue weighted by molar-refractivity contribution is 8.03. The maximum atomic E-state index is 12.9. The number of β-lactam (4-membered cyclic amide) rings is 1. The van der Waals surface area contributed by atoms with Gasteiger partial charge in [0.1, 0.15) is 12.3 Å². The van der Waals surface area contributed by atoms with Crippen LogP contribution in [0.15, 0.2) is 58.5 Å². The van der Waals surface area contributed by atoms with E-state index in [-0.39, 0.29) is 29.9 Å². The molecule has 1 amide bonds. The normalized spacial score (nSPS) is 20.8. The lowest BCUT2D eigenvalue weighted by molar-refractivity contribution is -0.384. The van der Waals surface area contributed by atoms with Crippen LogP contribution in [0.5, 0.6) is 0 Å². The van der Waals surface area contributed by atoms with Gasteiger partial charge < -0.3 is 14.7 Å². The number of hydrogen-bond donors (Lipinski definition) is 1. The molecule has 1 fully saturated rings. The van der Waals surface area contributed by atoms with Crippen molar-refractivity contribution in [1.29, 1.82) is 0 Å². The molecule has 11 heteroatoms. The van der Waals surface area contributed by atoms with Crippen molar-refractivity contribution in [3.05, 3.63) is 69.0 Å². The number of aliphatic hydroxyl groups excluding tert-OH is 1. The van der Waals surface area contributed by atoms with Gasteiger partial charge >= 0.3 is 5.97 Å². The quantitative estimate of drug-likeness (QED) is 0.225. The Kier molecular flexibility index (Phi) is 5.70. The predicted octanol–water partition coefficient (Wildman–Crippen LogP) is 2.04. The molecule has 10 nitrogen and oxygen atoms in total. The minimum Gasteiger partial charge on any atom is -0.456 e. The minimum atomic E-state index is -0.830. The Hall–Kier alpha value is -3.31. The number of aliphatic hydroxyl groups is 1. The van der Waals surface area contributed by atoms with Crippen LogP contribution in [-0.4, -0.2) is 48.9 Å². The summed E-state index contributed by atoms with van der Waals surface area (Å²) in [6.45, 7) is 1.45. The van der Waals surface area contributed by atoms with Gasteiger partial charge in [0.15, 0.2) is 5.16 Å². The topological polar surface area (TPSA) is 136 Å². The number of hydrogen-bond acceptors (Lipinski definition) is 9. The molecule has 2 aromatic rings. The average Bonchev–Trinajstić information content (AvgIpc) is 3.06. The number of aromatic nitrogens is 2. The van der Waals surface area contributed by atoms with Gasteiger partial charge in [-0.1, -0.05) is 11.8 Å². The van der Waals surface area contributed by atoms with Crippen molar-refractivity contribution in [1.82, 2.24) is 14.9 Å². The number of nitrogens with zero attached hydrogens (tertiary/aromatic N) is 4.